The van der Waals surface area contributed by atoms with Gasteiger partial charge in [-0.3, -0.25) is 111 Å². The van der Waals surface area contributed by atoms with Gasteiger partial charge in [0, 0.05) is 31.7 Å². The number of phenolic OH excluding ortho intramolecular Hbond substituents is 1. The third-order valence-electron chi connectivity index (χ3n) is 21.0. The highest BCUT2D eigenvalue weighted by Gasteiger charge is 2.42. The second-order valence-electron chi connectivity index (χ2n) is 32.9. The van der Waals surface area contributed by atoms with Gasteiger partial charge in [0.1, 0.15) is 90.3 Å². The Bertz CT molecular complexity index is 4420. The van der Waals surface area contributed by atoms with Gasteiger partial charge in [-0.15, -0.1) is 0 Å². The lowest BCUT2D eigenvalue weighted by Crippen LogP contribution is -2.62. The predicted molar refractivity (Wildman–Crippen MR) is 490 cm³/mol. The Hall–Kier alpha value is -13.8. The van der Waals surface area contributed by atoms with Gasteiger partial charge in [0.15, 0.2) is 5.96 Å². The number of rotatable bonds is 67. The van der Waals surface area contributed by atoms with Gasteiger partial charge in [0.05, 0.1) is 63.7 Å². The van der Waals surface area contributed by atoms with E-state index in [2.05, 4.69) is 103 Å². The first-order chi connectivity index (χ1) is 65.4. The molecule has 778 valence electrons. The van der Waals surface area contributed by atoms with Crippen LogP contribution in [0.25, 0.3) is 0 Å². The van der Waals surface area contributed by atoms with Gasteiger partial charge in [-0.25, -0.2) is 4.79 Å². The lowest BCUT2D eigenvalue weighted by molar-refractivity contribution is -0.144. The topological polar surface area (TPSA) is 934 Å². The first-order valence-electron chi connectivity index (χ1n) is 44.6. The molecule has 1 fully saturated rings. The summed E-state index contributed by atoms with van der Waals surface area (Å²) in [5, 5.41) is 119. The van der Waals surface area contributed by atoms with Crippen LogP contribution in [0.15, 0.2) is 24.3 Å². The number of carbonyl (C=O) groups excluding carboxylic acids is 19. The highest BCUT2D eigenvalue weighted by molar-refractivity contribution is 7.80. The molecule has 1 saturated heterocycles. The second-order valence-corrected chi connectivity index (χ2v) is 33.3. The average molecular weight is 2000 g/mol. The Balaban J connectivity index is 2.40. The minimum Gasteiger partial charge on any atom is -0.508 e. The van der Waals surface area contributed by atoms with Crippen LogP contribution in [0, 0.1) is 11.3 Å². The van der Waals surface area contributed by atoms with Crippen molar-refractivity contribution in [3.63, 3.8) is 0 Å². The standard InChI is InChI=1S/C82H134N26O30S/c1-39(2)64(78(134)100-47(17-12-28-90-82(88)89)69(125)92-35-58(114)96-54(33-63(121)122)76(132)101-50(81(137)138)16-8-11-27-85)106-73(129)48(15-7-10-26-84)99-75(131)52(31-56(87)112)102-74(130)51(30-43-19-21-44(111)22-20-43)103-80(136)66(42(5)110)107-77(133)55-18-13-29-108(55)60(116)37-94-70(126)46(14-6-9-25-83)98-72(128)49(23-24-61(117)118)97-67(123)40(3)95-57(113)34-93-71(127)53(32-62(119)120)104-79(135)65(41(4)109)105-59(115)36-91-68(124)45(86)38-139/h19-22,39-42,45-55,64-66,109-111,139H,6-18,23-38,83-86H2,1-5H3,(H2,87,112)(H,91,124)(H,92,125)(H,93,127)(H,94,126)(H,95,113)(H,96,114)(H,97,123)(H,98,128)(H,99,131)(H,100,134)(H,101,132)(H,102,130)(H,103,136)(H,104,135)(H,105,115)(H,106,129)(H,107,133)(H,117,118)(H,119,120)(H,121,122)(H,137,138)(H4,88,89,90)/t40-,41+,42+,45-,46-,47-,48-,49-,50-,51-,52-,53-,54-,55-,64-,65-,66-/m0/s1. The van der Waals surface area contributed by atoms with Crippen LogP contribution in [0.5, 0.6) is 5.75 Å². The van der Waals surface area contributed by atoms with E-state index in [1.54, 1.807) is 0 Å². The van der Waals surface area contributed by atoms with Crippen LogP contribution >= 0.6 is 12.6 Å². The van der Waals surface area contributed by atoms with E-state index < -0.39 is 316 Å². The maximum atomic E-state index is 14.7. The highest BCUT2D eigenvalue weighted by atomic mass is 32.1. The highest BCUT2D eigenvalue weighted by Crippen LogP contribution is 2.20. The van der Waals surface area contributed by atoms with Crippen molar-refractivity contribution in [3.05, 3.63) is 29.8 Å². The Morgan fingerprint density at radius 2 is 0.806 bits per heavy atom. The van der Waals surface area contributed by atoms with E-state index in [0.717, 1.165) is 25.7 Å². The molecule has 0 aliphatic carbocycles. The third kappa shape index (κ3) is 46.7. The van der Waals surface area contributed by atoms with Gasteiger partial charge in [-0.1, -0.05) is 26.0 Å². The van der Waals surface area contributed by atoms with Crippen molar-refractivity contribution in [1.82, 2.24) is 101 Å². The zero-order valence-electron chi connectivity index (χ0n) is 77.6. The van der Waals surface area contributed by atoms with E-state index in [0.29, 0.717) is 6.42 Å². The van der Waals surface area contributed by atoms with E-state index >= 15 is 0 Å². The molecule has 0 aromatic heterocycles. The number of nitrogens with two attached hydrogens (primary N) is 6. The molecule has 0 unspecified atom stereocenters. The summed E-state index contributed by atoms with van der Waals surface area (Å²) in [5.74, 6) is -28.9. The Morgan fingerprint density at radius 1 is 0.417 bits per heavy atom. The van der Waals surface area contributed by atoms with Crippen molar-refractivity contribution in [1.29, 1.82) is 5.41 Å². The average Bonchev–Trinajstić information content (AvgIpc) is 1.51. The summed E-state index contributed by atoms with van der Waals surface area (Å²) in [5.41, 5.74) is 33.8. The molecule has 1 aliphatic heterocycles. The molecule has 1 aliphatic rings. The number of likely N-dealkylation sites (tertiary alicyclic amines) is 1. The van der Waals surface area contributed by atoms with E-state index in [-0.39, 0.29) is 127 Å². The molecule has 19 amide bonds. The summed E-state index contributed by atoms with van der Waals surface area (Å²) in [6.45, 7) is 2.87. The quantitative estimate of drug-likeness (QED) is 0.0125. The van der Waals surface area contributed by atoms with Gasteiger partial charge in [-0.05, 0) is 154 Å². The second kappa shape index (κ2) is 63.6. The fourth-order valence-corrected chi connectivity index (χ4v) is 13.6. The molecule has 17 atom stereocenters. The number of guanidine groups is 1. The van der Waals surface area contributed by atoms with E-state index in [4.69, 9.17) is 39.8 Å². The minimum atomic E-state index is -1.99. The van der Waals surface area contributed by atoms with Gasteiger partial charge in [0.25, 0.3) is 0 Å². The number of aliphatic carboxylic acids is 4. The molecular formula is C82H134N26O30S. The van der Waals surface area contributed by atoms with E-state index in [1.807, 2.05) is 5.32 Å². The van der Waals surface area contributed by atoms with Crippen LogP contribution < -0.4 is 130 Å². The molecular weight excluding hydrogens is 1860 g/mol. The number of aromatic hydroxyl groups is 1. The number of aliphatic hydroxyl groups is 2. The number of nitrogens with one attached hydrogen (secondary N) is 19. The number of thiol groups is 1. The van der Waals surface area contributed by atoms with Crippen molar-refractivity contribution in [2.75, 3.05) is 64.7 Å². The predicted octanol–water partition coefficient (Wildman–Crippen LogP) is -13.2. The minimum absolute atomic E-state index is 0.0114. The van der Waals surface area contributed by atoms with E-state index in [1.165, 1.54) is 38.1 Å². The molecule has 0 spiro atoms. The smallest absolute Gasteiger partial charge is 0.326 e. The monoisotopic (exact) mass is 1990 g/mol. The van der Waals surface area contributed by atoms with Crippen LogP contribution in [0.3, 0.4) is 0 Å². The number of benzene rings is 1. The molecule has 0 bridgehead atoms. The molecule has 56 nitrogen and oxygen atoms in total. The lowest BCUT2D eigenvalue weighted by Gasteiger charge is -2.29. The maximum Gasteiger partial charge on any atom is 0.326 e. The van der Waals surface area contributed by atoms with Crippen LogP contribution in [0.1, 0.15) is 156 Å². The number of nitrogens with zero attached hydrogens (tertiary/aromatic N) is 1. The number of primary amides is 1. The Morgan fingerprint density at radius 3 is 1.29 bits per heavy atom. The number of hydrogen-bond donors (Lipinski definition) is 33. The van der Waals surface area contributed by atoms with Crippen LogP contribution in [0.2, 0.25) is 0 Å². The normalized spacial score (nSPS) is 15.5. The number of hydrogen-bond acceptors (Lipinski definition) is 32. The first-order valence-corrected chi connectivity index (χ1v) is 45.2. The van der Waals surface area contributed by atoms with E-state index in [9.17, 15) is 146 Å². The summed E-state index contributed by atoms with van der Waals surface area (Å²) in [6, 6.07) is -20.0. The molecule has 0 saturated carbocycles. The van der Waals surface area contributed by atoms with Gasteiger partial charge in [0.2, 0.25) is 112 Å². The fraction of sp³-hybridized carbons (Fsp3) is 0.634. The number of carboxylic acids is 4. The fourth-order valence-electron chi connectivity index (χ4n) is 13.4. The maximum absolute atomic E-state index is 14.7. The summed E-state index contributed by atoms with van der Waals surface area (Å²) in [4.78, 5) is 308. The SMILES string of the molecule is CC(C)[C@H](NC(=O)[C@H](CCCCN)NC(=O)[C@H](CC(N)=O)NC(=O)[C@H](Cc1ccc(O)cc1)NC(=O)[C@@H](NC(=O)[C@@H]1CCCN1C(=O)CNC(=O)[C@H](CCCCN)NC(=O)[C@H](CCC(=O)O)NC(=O)[C@H](C)NC(=O)CNC(=O)[C@H](CC(=O)O)NC(=O)[C@@H](NC(=O)CNC(=O)[C@@H](N)CS)[C@@H](C)O)[C@@H](C)O)C(=O)N[C@@H](CCCNC(=N)N)C(=O)NCC(=O)N[C@@H](CC(=O)O)C(=O)N[C@@H](CCCCN)C(=O)O. The molecule has 0 radical (unpaired) electrons. The lowest BCUT2D eigenvalue weighted by atomic mass is 10.00. The Kier molecular flexibility index (Phi) is 55.5. The first kappa shape index (κ1) is 121. The van der Waals surface area contributed by atoms with Crippen molar-refractivity contribution in [3.8, 4) is 5.75 Å². The number of aliphatic hydroxyl groups excluding tert-OH is 2. The molecule has 38 N–H and O–H groups in total. The number of carboxylic acid groups (broad SMARTS) is 4. The van der Waals surface area contributed by atoms with Crippen molar-refractivity contribution in [2.24, 2.45) is 40.3 Å². The number of amides is 19. The van der Waals surface area contributed by atoms with Crippen molar-refractivity contribution >= 4 is 155 Å². The molecule has 139 heavy (non-hydrogen) atoms. The molecule has 2 rings (SSSR count). The zero-order valence-corrected chi connectivity index (χ0v) is 78.5. The number of unbranched alkanes of at least 4 members (excludes halogenated alkanes) is 3. The van der Waals surface area contributed by atoms with Gasteiger partial charge >= 0.3 is 23.9 Å². The summed E-state index contributed by atoms with van der Waals surface area (Å²) >= 11 is 3.88. The van der Waals surface area contributed by atoms with Crippen molar-refractivity contribution < 1.29 is 146 Å². The van der Waals surface area contributed by atoms with Crippen LogP contribution in [-0.2, 0) is 117 Å². The number of phenols is 1. The molecule has 1 aromatic carbocycles. The third-order valence-corrected chi connectivity index (χ3v) is 21.4. The largest absolute Gasteiger partial charge is 0.508 e. The molecule has 1 heterocycles. The molecule has 57 heteroatoms. The van der Waals surface area contributed by atoms with Crippen LogP contribution in [-0.4, -0.2) is 350 Å². The molecule has 1 aromatic rings. The zero-order chi connectivity index (χ0) is 105. The van der Waals surface area contributed by atoms with Gasteiger partial charge < -0.3 is 171 Å². The van der Waals surface area contributed by atoms with Crippen molar-refractivity contribution in [2.45, 2.75) is 259 Å². The Labute approximate surface area is 803 Å². The van der Waals surface area contributed by atoms with Gasteiger partial charge in [-0.2, -0.15) is 12.6 Å². The summed E-state index contributed by atoms with van der Waals surface area (Å²) in [7, 11) is 0. The van der Waals surface area contributed by atoms with Crippen LogP contribution in [0.4, 0.5) is 0 Å². The number of carbonyl (C=O) groups is 23. The summed E-state index contributed by atoms with van der Waals surface area (Å²) in [6.07, 6.45) is -7.70. The summed E-state index contributed by atoms with van der Waals surface area (Å²) < 4.78 is 0.